The number of guanidine groups is 1. The highest BCUT2D eigenvalue weighted by Gasteiger charge is 2.21. The fourth-order valence-electron chi connectivity index (χ4n) is 3.23. The van der Waals surface area contributed by atoms with Crippen LogP contribution in [0.4, 0.5) is 10.1 Å². The van der Waals surface area contributed by atoms with Gasteiger partial charge in [0.25, 0.3) is 0 Å². The number of nitrogens with zero attached hydrogens (tertiary/aromatic N) is 3. The van der Waals surface area contributed by atoms with Gasteiger partial charge in [0.05, 0.1) is 6.10 Å². The number of rotatable bonds is 8. The summed E-state index contributed by atoms with van der Waals surface area (Å²) in [5.41, 5.74) is 0.902. The van der Waals surface area contributed by atoms with Gasteiger partial charge in [0.15, 0.2) is 5.96 Å². The predicted octanol–water partition coefficient (Wildman–Crippen LogP) is 3.74. The Hall–Kier alpha value is -1.09. The van der Waals surface area contributed by atoms with Crippen LogP contribution in [0.2, 0.25) is 0 Å². The van der Waals surface area contributed by atoms with Gasteiger partial charge in [-0.3, -0.25) is 4.99 Å². The fraction of sp³-hybridized carbons (Fsp3) is 0.650. The van der Waals surface area contributed by atoms with Crippen LogP contribution in [0.1, 0.15) is 33.1 Å². The van der Waals surface area contributed by atoms with E-state index in [0.29, 0.717) is 6.10 Å². The predicted molar refractivity (Wildman–Crippen MR) is 122 cm³/mol. The van der Waals surface area contributed by atoms with Crippen LogP contribution in [0.25, 0.3) is 0 Å². The Bertz CT molecular complexity index is 565. The van der Waals surface area contributed by atoms with Gasteiger partial charge in [-0.25, -0.2) is 4.39 Å². The third-order valence-electron chi connectivity index (χ3n) is 4.64. The first-order valence-corrected chi connectivity index (χ1v) is 9.75. The SMILES string of the molecule is CCNC(=NCCCN(C)c1cccc(F)c1)N1CCC(OCC)CC1.I. The first kappa shape index (κ1) is 23.9. The van der Waals surface area contributed by atoms with E-state index in [9.17, 15) is 4.39 Å². The molecule has 0 spiro atoms. The van der Waals surface area contributed by atoms with Gasteiger partial charge in [0.2, 0.25) is 0 Å². The fourth-order valence-corrected chi connectivity index (χ4v) is 3.23. The molecule has 0 aromatic heterocycles. The monoisotopic (exact) mass is 492 g/mol. The van der Waals surface area contributed by atoms with E-state index in [0.717, 1.165) is 70.2 Å². The first-order valence-electron chi connectivity index (χ1n) is 9.75. The molecule has 0 radical (unpaired) electrons. The molecule has 27 heavy (non-hydrogen) atoms. The molecule has 7 heteroatoms. The van der Waals surface area contributed by atoms with E-state index in [1.807, 2.05) is 13.1 Å². The lowest BCUT2D eigenvalue weighted by Crippen LogP contribution is -2.47. The summed E-state index contributed by atoms with van der Waals surface area (Å²) in [5, 5.41) is 3.40. The van der Waals surface area contributed by atoms with Crippen LogP contribution in [-0.4, -0.2) is 63.3 Å². The lowest BCUT2D eigenvalue weighted by atomic mass is 10.1. The molecule has 154 valence electrons. The summed E-state index contributed by atoms with van der Waals surface area (Å²) in [7, 11) is 1.99. The second-order valence-corrected chi connectivity index (χ2v) is 6.63. The van der Waals surface area contributed by atoms with Crippen LogP contribution in [0.5, 0.6) is 0 Å². The Morgan fingerprint density at radius 1 is 1.33 bits per heavy atom. The zero-order valence-corrected chi connectivity index (χ0v) is 19.1. The number of benzene rings is 1. The number of ether oxygens (including phenoxy) is 1. The Morgan fingerprint density at radius 3 is 2.70 bits per heavy atom. The maximum atomic E-state index is 13.3. The van der Waals surface area contributed by atoms with Gasteiger partial charge in [0, 0.05) is 52.1 Å². The standard InChI is InChI=1S/C20H33FN4O.HI/c1-4-22-20(25-14-10-19(11-15-25)26-5-2)23-12-7-13-24(3)18-9-6-8-17(21)16-18;/h6,8-9,16,19H,4-5,7,10-15H2,1-3H3,(H,22,23);1H. The lowest BCUT2D eigenvalue weighted by Gasteiger charge is -2.34. The first-order chi connectivity index (χ1) is 12.6. The molecule has 0 amide bonds. The number of nitrogens with one attached hydrogen (secondary N) is 1. The Balaban J connectivity index is 0.00000364. The number of hydrogen-bond acceptors (Lipinski definition) is 3. The molecule has 1 fully saturated rings. The molecule has 5 nitrogen and oxygen atoms in total. The van der Waals surface area contributed by atoms with Crippen molar-refractivity contribution in [3.8, 4) is 0 Å². The van der Waals surface area contributed by atoms with Crippen LogP contribution in [0, 0.1) is 5.82 Å². The number of likely N-dealkylation sites (tertiary alicyclic amines) is 1. The summed E-state index contributed by atoms with van der Waals surface area (Å²) in [6, 6.07) is 6.71. The van der Waals surface area contributed by atoms with Gasteiger partial charge in [0.1, 0.15) is 5.82 Å². The van der Waals surface area contributed by atoms with Gasteiger partial charge in [-0.05, 0) is 51.3 Å². The van der Waals surface area contributed by atoms with E-state index in [1.54, 1.807) is 12.1 Å². The minimum absolute atomic E-state index is 0. The van der Waals surface area contributed by atoms with Crippen LogP contribution < -0.4 is 10.2 Å². The van der Waals surface area contributed by atoms with E-state index in [4.69, 9.17) is 9.73 Å². The minimum atomic E-state index is -0.197. The Morgan fingerprint density at radius 2 is 2.07 bits per heavy atom. The summed E-state index contributed by atoms with van der Waals surface area (Å²) < 4.78 is 19.0. The molecule has 1 saturated heterocycles. The number of piperidine rings is 1. The average Bonchev–Trinajstić information content (AvgIpc) is 2.65. The maximum Gasteiger partial charge on any atom is 0.193 e. The van der Waals surface area contributed by atoms with Crippen molar-refractivity contribution < 1.29 is 9.13 Å². The Labute approximate surface area is 180 Å². The molecule has 1 heterocycles. The zero-order valence-electron chi connectivity index (χ0n) is 16.8. The van der Waals surface area contributed by atoms with Crippen LogP contribution >= 0.6 is 24.0 Å². The highest BCUT2D eigenvalue weighted by molar-refractivity contribution is 14.0. The zero-order chi connectivity index (χ0) is 18.8. The molecular weight excluding hydrogens is 458 g/mol. The van der Waals surface area contributed by atoms with E-state index < -0.39 is 0 Å². The van der Waals surface area contributed by atoms with E-state index in [-0.39, 0.29) is 29.8 Å². The van der Waals surface area contributed by atoms with E-state index in [2.05, 4.69) is 29.0 Å². The van der Waals surface area contributed by atoms with Crippen molar-refractivity contribution in [1.29, 1.82) is 0 Å². The number of aliphatic imine (C=N–C) groups is 1. The smallest absolute Gasteiger partial charge is 0.193 e. The van der Waals surface area contributed by atoms with Crippen molar-refractivity contribution in [2.75, 3.05) is 51.3 Å². The topological polar surface area (TPSA) is 40.1 Å². The van der Waals surface area contributed by atoms with Crippen molar-refractivity contribution >= 4 is 35.6 Å². The van der Waals surface area contributed by atoms with Crippen molar-refractivity contribution in [2.24, 2.45) is 4.99 Å². The second-order valence-electron chi connectivity index (χ2n) is 6.63. The van der Waals surface area contributed by atoms with Crippen molar-refractivity contribution in [3.63, 3.8) is 0 Å². The van der Waals surface area contributed by atoms with Gasteiger partial charge >= 0.3 is 0 Å². The molecule has 1 N–H and O–H groups in total. The summed E-state index contributed by atoms with van der Waals surface area (Å²) in [6.07, 6.45) is 3.43. The highest BCUT2D eigenvalue weighted by Crippen LogP contribution is 2.15. The van der Waals surface area contributed by atoms with Crippen LogP contribution in [0.15, 0.2) is 29.3 Å². The number of hydrogen-bond donors (Lipinski definition) is 1. The van der Waals surface area contributed by atoms with Gasteiger partial charge in [-0.15, -0.1) is 24.0 Å². The molecular formula is C20H34FIN4O. The number of halogens is 2. The summed E-state index contributed by atoms with van der Waals surface area (Å²) in [6.45, 7) is 9.38. The van der Waals surface area contributed by atoms with E-state index >= 15 is 0 Å². The summed E-state index contributed by atoms with van der Waals surface area (Å²) >= 11 is 0. The lowest BCUT2D eigenvalue weighted by molar-refractivity contribution is 0.0264. The summed E-state index contributed by atoms with van der Waals surface area (Å²) in [4.78, 5) is 9.18. The molecule has 0 bridgehead atoms. The molecule has 1 aromatic carbocycles. The minimum Gasteiger partial charge on any atom is -0.378 e. The second kappa shape index (κ2) is 13.1. The van der Waals surface area contributed by atoms with Crippen molar-refractivity contribution in [1.82, 2.24) is 10.2 Å². The number of anilines is 1. The molecule has 0 aliphatic carbocycles. The quantitative estimate of drug-likeness (QED) is 0.260. The van der Waals surface area contributed by atoms with Gasteiger partial charge in [-0.2, -0.15) is 0 Å². The molecule has 0 saturated carbocycles. The molecule has 1 aliphatic rings. The van der Waals surface area contributed by atoms with Crippen LogP contribution in [-0.2, 0) is 4.74 Å². The third kappa shape index (κ3) is 8.21. The van der Waals surface area contributed by atoms with Crippen molar-refractivity contribution in [2.45, 2.75) is 39.2 Å². The molecule has 2 rings (SSSR count). The van der Waals surface area contributed by atoms with Gasteiger partial charge < -0.3 is 19.9 Å². The molecule has 0 unspecified atom stereocenters. The normalized spacial score (nSPS) is 15.4. The van der Waals surface area contributed by atoms with E-state index in [1.165, 1.54) is 6.07 Å². The summed E-state index contributed by atoms with van der Waals surface area (Å²) in [5.74, 6) is 0.799. The average molecular weight is 492 g/mol. The van der Waals surface area contributed by atoms with Crippen molar-refractivity contribution in [3.05, 3.63) is 30.1 Å². The molecule has 1 aromatic rings. The van der Waals surface area contributed by atoms with Crippen LogP contribution in [0.3, 0.4) is 0 Å². The third-order valence-corrected chi connectivity index (χ3v) is 4.64. The molecule has 1 aliphatic heterocycles. The largest absolute Gasteiger partial charge is 0.378 e. The molecule has 0 atom stereocenters. The Kier molecular flexibility index (Phi) is 11.7. The van der Waals surface area contributed by atoms with Gasteiger partial charge in [-0.1, -0.05) is 6.07 Å². The highest BCUT2D eigenvalue weighted by atomic mass is 127. The maximum absolute atomic E-state index is 13.3.